The van der Waals surface area contributed by atoms with Crippen molar-refractivity contribution in [1.82, 2.24) is 19.0 Å². The summed E-state index contributed by atoms with van der Waals surface area (Å²) in [6, 6.07) is 3.46. The second kappa shape index (κ2) is 9.46. The van der Waals surface area contributed by atoms with Crippen molar-refractivity contribution in [1.29, 1.82) is 0 Å². The largest absolute Gasteiger partial charge is 0.416 e. The third-order valence-electron chi connectivity index (χ3n) is 5.81. The smallest absolute Gasteiger partial charge is 0.340 e. The van der Waals surface area contributed by atoms with E-state index >= 15 is 0 Å². The number of aryl methyl sites for hydroxylation is 1. The monoisotopic (exact) mass is 486 g/mol. The fourth-order valence-corrected chi connectivity index (χ4v) is 5.34. The van der Waals surface area contributed by atoms with Gasteiger partial charge in [0, 0.05) is 44.0 Å². The lowest BCUT2D eigenvalue weighted by molar-refractivity contribution is -0.137. The number of aromatic nitrogens is 2. The molecule has 7 nitrogen and oxygen atoms in total. The first-order valence-electron chi connectivity index (χ1n) is 10.8. The molecule has 0 unspecified atom stereocenters. The van der Waals surface area contributed by atoms with Gasteiger partial charge in [-0.15, -0.1) is 0 Å². The van der Waals surface area contributed by atoms with Crippen molar-refractivity contribution < 1.29 is 26.4 Å². The van der Waals surface area contributed by atoms with Crippen LogP contribution >= 0.6 is 0 Å². The van der Waals surface area contributed by atoms with Crippen molar-refractivity contribution in [3.05, 3.63) is 46.8 Å². The summed E-state index contributed by atoms with van der Waals surface area (Å²) >= 11 is 0. The molecule has 0 radical (unpaired) electrons. The Morgan fingerprint density at radius 3 is 2.15 bits per heavy atom. The van der Waals surface area contributed by atoms with Crippen molar-refractivity contribution in [2.75, 3.05) is 26.2 Å². The standard InChI is InChI=1S/C22H29F3N4O3S/c1-15(2)14-29-17(4)20(16(3)26-29)13-21(30)27-9-11-28(12-10-27)33(31,32)19-7-5-18(6-8-19)22(23,24)25/h5-8,15H,9-14H2,1-4H3. The molecule has 11 heteroatoms. The molecule has 1 fully saturated rings. The summed E-state index contributed by atoms with van der Waals surface area (Å²) in [5.74, 6) is 0.322. The molecule has 1 aromatic heterocycles. The molecule has 0 saturated carbocycles. The molecule has 1 saturated heterocycles. The third kappa shape index (κ3) is 5.57. The number of hydrogen-bond donors (Lipinski definition) is 0. The van der Waals surface area contributed by atoms with Crippen LogP contribution in [0.4, 0.5) is 13.2 Å². The molecule has 0 spiro atoms. The van der Waals surface area contributed by atoms with E-state index in [1.807, 2.05) is 18.5 Å². The van der Waals surface area contributed by atoms with Crippen LogP contribution in [-0.4, -0.2) is 59.5 Å². The van der Waals surface area contributed by atoms with Gasteiger partial charge in [-0.3, -0.25) is 9.48 Å². The van der Waals surface area contributed by atoms with E-state index < -0.39 is 21.8 Å². The average molecular weight is 487 g/mol. The van der Waals surface area contributed by atoms with Crippen LogP contribution in [0.2, 0.25) is 0 Å². The molecule has 33 heavy (non-hydrogen) atoms. The van der Waals surface area contributed by atoms with Crippen LogP contribution < -0.4 is 0 Å². The van der Waals surface area contributed by atoms with Crippen LogP contribution in [0.3, 0.4) is 0 Å². The van der Waals surface area contributed by atoms with Crippen LogP contribution in [0.5, 0.6) is 0 Å². The molecule has 3 rings (SSSR count). The van der Waals surface area contributed by atoms with Crippen LogP contribution in [0, 0.1) is 19.8 Å². The van der Waals surface area contributed by atoms with E-state index in [-0.39, 0.29) is 43.4 Å². The first-order valence-corrected chi connectivity index (χ1v) is 12.2. The van der Waals surface area contributed by atoms with Crippen LogP contribution in [-0.2, 0) is 34.0 Å². The van der Waals surface area contributed by atoms with Gasteiger partial charge in [-0.25, -0.2) is 8.42 Å². The van der Waals surface area contributed by atoms with Gasteiger partial charge in [-0.05, 0) is 44.0 Å². The number of hydrogen-bond acceptors (Lipinski definition) is 4. The number of carbonyl (C=O) groups is 1. The van der Waals surface area contributed by atoms with E-state index in [9.17, 15) is 26.4 Å². The SMILES string of the molecule is Cc1nn(CC(C)C)c(C)c1CC(=O)N1CCN(S(=O)(=O)c2ccc(C(F)(F)F)cc2)CC1. The van der Waals surface area contributed by atoms with Gasteiger partial charge in [0.2, 0.25) is 15.9 Å². The lowest BCUT2D eigenvalue weighted by Gasteiger charge is -2.34. The van der Waals surface area contributed by atoms with Gasteiger partial charge in [0.15, 0.2) is 0 Å². The number of benzene rings is 1. The zero-order chi connectivity index (χ0) is 24.6. The van der Waals surface area contributed by atoms with E-state index in [2.05, 4.69) is 18.9 Å². The molecule has 2 heterocycles. The molecule has 1 aliphatic rings. The zero-order valence-electron chi connectivity index (χ0n) is 19.2. The maximum atomic E-state index is 12.9. The Morgan fingerprint density at radius 2 is 1.64 bits per heavy atom. The Hall–Kier alpha value is -2.40. The second-order valence-corrected chi connectivity index (χ2v) is 10.6. The van der Waals surface area contributed by atoms with Gasteiger partial charge in [0.05, 0.1) is 22.6 Å². The zero-order valence-corrected chi connectivity index (χ0v) is 20.0. The quantitative estimate of drug-likeness (QED) is 0.628. The number of halogens is 3. The van der Waals surface area contributed by atoms with Crippen molar-refractivity contribution in [3.63, 3.8) is 0 Å². The minimum atomic E-state index is -4.53. The van der Waals surface area contributed by atoms with Crippen molar-refractivity contribution in [2.45, 2.75) is 51.7 Å². The summed E-state index contributed by atoms with van der Waals surface area (Å²) in [5, 5.41) is 4.54. The maximum Gasteiger partial charge on any atom is 0.416 e. The predicted molar refractivity (Wildman–Crippen MR) is 117 cm³/mol. The highest BCUT2D eigenvalue weighted by Crippen LogP contribution is 2.30. The molecular formula is C22H29F3N4O3S. The Labute approximate surface area is 192 Å². The highest BCUT2D eigenvalue weighted by Gasteiger charge is 2.33. The van der Waals surface area contributed by atoms with E-state index in [1.165, 1.54) is 4.31 Å². The predicted octanol–water partition coefficient (Wildman–Crippen LogP) is 3.25. The van der Waals surface area contributed by atoms with Gasteiger partial charge in [0.25, 0.3) is 0 Å². The Kier molecular flexibility index (Phi) is 7.23. The third-order valence-corrected chi connectivity index (χ3v) is 7.72. The van der Waals surface area contributed by atoms with Gasteiger partial charge in [0.1, 0.15) is 0 Å². The molecule has 0 aliphatic carbocycles. The topological polar surface area (TPSA) is 75.5 Å². The first kappa shape index (κ1) is 25.2. The number of amides is 1. The number of piperazine rings is 1. The number of alkyl halides is 3. The molecule has 0 N–H and O–H groups in total. The van der Waals surface area contributed by atoms with Gasteiger partial charge >= 0.3 is 6.18 Å². The Balaban J connectivity index is 1.64. The minimum Gasteiger partial charge on any atom is -0.340 e. The van der Waals surface area contributed by atoms with Crippen molar-refractivity contribution in [2.24, 2.45) is 5.92 Å². The normalized spacial score (nSPS) is 15.9. The molecule has 1 aliphatic heterocycles. The number of carbonyl (C=O) groups excluding carboxylic acids is 1. The van der Waals surface area contributed by atoms with Crippen molar-refractivity contribution in [3.8, 4) is 0 Å². The number of nitrogens with zero attached hydrogens (tertiary/aromatic N) is 4. The second-order valence-electron chi connectivity index (χ2n) is 8.71. The van der Waals surface area contributed by atoms with Gasteiger partial charge in [-0.1, -0.05) is 13.8 Å². The summed E-state index contributed by atoms with van der Waals surface area (Å²) in [7, 11) is -3.94. The fraction of sp³-hybridized carbons (Fsp3) is 0.545. The van der Waals surface area contributed by atoms with E-state index in [0.717, 1.165) is 47.8 Å². The maximum absolute atomic E-state index is 12.9. The Bertz CT molecular complexity index is 1100. The highest BCUT2D eigenvalue weighted by atomic mass is 32.2. The Morgan fingerprint density at radius 1 is 1.06 bits per heavy atom. The average Bonchev–Trinajstić information content (AvgIpc) is 3.00. The number of rotatable bonds is 6. The summed E-state index contributed by atoms with van der Waals surface area (Å²) in [4.78, 5) is 14.3. The summed E-state index contributed by atoms with van der Waals surface area (Å²) in [6.07, 6.45) is -4.34. The molecule has 1 aromatic carbocycles. The van der Waals surface area contributed by atoms with Crippen LogP contribution in [0.25, 0.3) is 0 Å². The van der Waals surface area contributed by atoms with Gasteiger partial charge in [-0.2, -0.15) is 22.6 Å². The van der Waals surface area contributed by atoms with Crippen LogP contribution in [0.1, 0.15) is 36.4 Å². The molecular weight excluding hydrogens is 457 g/mol. The van der Waals surface area contributed by atoms with E-state index in [0.29, 0.717) is 5.92 Å². The lowest BCUT2D eigenvalue weighted by Crippen LogP contribution is -2.50. The van der Waals surface area contributed by atoms with E-state index in [4.69, 9.17) is 0 Å². The summed E-state index contributed by atoms with van der Waals surface area (Å²) < 4.78 is 67.0. The van der Waals surface area contributed by atoms with Crippen molar-refractivity contribution >= 4 is 15.9 Å². The summed E-state index contributed by atoms with van der Waals surface area (Å²) in [5.41, 5.74) is 1.75. The highest BCUT2D eigenvalue weighted by molar-refractivity contribution is 7.89. The molecule has 0 atom stereocenters. The minimum absolute atomic E-state index is 0.0830. The molecule has 1 amide bonds. The first-order chi connectivity index (χ1) is 15.3. The molecule has 0 bridgehead atoms. The van der Waals surface area contributed by atoms with Gasteiger partial charge < -0.3 is 4.90 Å². The number of sulfonamides is 1. The fourth-order valence-electron chi connectivity index (χ4n) is 3.92. The molecule has 2 aromatic rings. The molecule has 182 valence electrons. The van der Waals surface area contributed by atoms with E-state index in [1.54, 1.807) is 4.90 Å². The lowest BCUT2D eigenvalue weighted by atomic mass is 10.1. The summed E-state index contributed by atoms with van der Waals surface area (Å²) in [6.45, 7) is 9.38. The van der Waals surface area contributed by atoms with Crippen LogP contribution in [0.15, 0.2) is 29.2 Å².